The molecule has 2 aliphatic heterocycles. The van der Waals surface area contributed by atoms with Gasteiger partial charge in [-0.1, -0.05) is 18.2 Å². The summed E-state index contributed by atoms with van der Waals surface area (Å²) >= 11 is 0. The van der Waals surface area contributed by atoms with Gasteiger partial charge in [-0.05, 0) is 26.3 Å². The number of hydrogen-bond acceptors (Lipinski definition) is 2. The Labute approximate surface area is 97.2 Å². The van der Waals surface area contributed by atoms with Crippen LogP contribution in [0.5, 0.6) is 0 Å². The second-order valence-corrected chi connectivity index (χ2v) is 4.82. The maximum atomic E-state index is 11.8. The van der Waals surface area contributed by atoms with Gasteiger partial charge in [0.05, 0.1) is 0 Å². The maximum Gasteiger partial charge on any atom is 0.246 e. The predicted octanol–water partition coefficient (Wildman–Crippen LogP) is 1.33. The van der Waals surface area contributed by atoms with Gasteiger partial charge < -0.3 is 10.2 Å². The van der Waals surface area contributed by atoms with Gasteiger partial charge in [-0.3, -0.25) is 4.79 Å². The Morgan fingerprint density at radius 1 is 1.38 bits per heavy atom. The van der Waals surface area contributed by atoms with E-state index in [1.807, 2.05) is 30.1 Å². The van der Waals surface area contributed by atoms with Crippen molar-refractivity contribution in [3.05, 3.63) is 24.3 Å². The molecule has 0 radical (unpaired) electrons. The monoisotopic (exact) mass is 220 g/mol. The minimum atomic E-state index is 0.155. The first-order chi connectivity index (χ1) is 7.76. The van der Waals surface area contributed by atoms with Crippen LogP contribution in [0.1, 0.15) is 19.8 Å². The van der Waals surface area contributed by atoms with Crippen molar-refractivity contribution in [1.82, 2.24) is 10.2 Å². The quantitative estimate of drug-likeness (QED) is 0.562. The summed E-state index contributed by atoms with van der Waals surface area (Å²) < 4.78 is 0. The van der Waals surface area contributed by atoms with E-state index in [-0.39, 0.29) is 5.91 Å². The molecular formula is C13H20N2O. The minimum Gasteiger partial charge on any atom is -0.339 e. The van der Waals surface area contributed by atoms with Crippen LogP contribution in [0.3, 0.4) is 0 Å². The molecule has 3 heteroatoms. The Morgan fingerprint density at radius 2 is 2.25 bits per heavy atom. The third-order valence-corrected chi connectivity index (χ3v) is 3.62. The Morgan fingerprint density at radius 3 is 2.94 bits per heavy atom. The van der Waals surface area contributed by atoms with E-state index < -0.39 is 0 Å². The summed E-state index contributed by atoms with van der Waals surface area (Å²) in [4.78, 5) is 13.8. The Bertz CT molecular complexity index is 314. The number of carbonyl (C=O) groups excluding carboxylic acids is 1. The average molecular weight is 220 g/mol. The van der Waals surface area contributed by atoms with Gasteiger partial charge in [-0.2, -0.15) is 0 Å². The zero-order valence-corrected chi connectivity index (χ0v) is 9.91. The third kappa shape index (κ3) is 2.35. The van der Waals surface area contributed by atoms with Crippen molar-refractivity contribution in [3.8, 4) is 0 Å². The van der Waals surface area contributed by atoms with Gasteiger partial charge in [0.1, 0.15) is 0 Å². The van der Waals surface area contributed by atoms with Crippen LogP contribution in [0.4, 0.5) is 0 Å². The molecule has 1 N–H and O–H groups in total. The smallest absolute Gasteiger partial charge is 0.246 e. The Balaban J connectivity index is 1.90. The predicted molar refractivity (Wildman–Crippen MR) is 65.1 cm³/mol. The molecule has 1 unspecified atom stereocenters. The summed E-state index contributed by atoms with van der Waals surface area (Å²) in [5.41, 5.74) is 0.379. The summed E-state index contributed by atoms with van der Waals surface area (Å²) in [7, 11) is 0. The zero-order chi connectivity index (χ0) is 11.4. The molecule has 0 bridgehead atoms. The maximum absolute atomic E-state index is 11.8. The van der Waals surface area contributed by atoms with Crippen LogP contribution in [0.15, 0.2) is 24.3 Å². The molecule has 3 nitrogen and oxygen atoms in total. The Kier molecular flexibility index (Phi) is 3.44. The molecule has 0 aromatic carbocycles. The van der Waals surface area contributed by atoms with E-state index in [1.54, 1.807) is 6.08 Å². The molecule has 0 saturated carbocycles. The minimum absolute atomic E-state index is 0.155. The van der Waals surface area contributed by atoms with Crippen molar-refractivity contribution in [2.45, 2.75) is 19.8 Å². The SMILES string of the molecule is C/C=C/C=C/C(=O)N1CCC2(CCNC2)C1. The van der Waals surface area contributed by atoms with Gasteiger partial charge in [-0.15, -0.1) is 0 Å². The Hall–Kier alpha value is -1.09. The summed E-state index contributed by atoms with van der Waals surface area (Å²) in [6.45, 7) is 5.98. The van der Waals surface area contributed by atoms with E-state index in [1.165, 1.54) is 6.42 Å². The van der Waals surface area contributed by atoms with Crippen LogP contribution in [-0.2, 0) is 4.79 Å². The highest BCUT2D eigenvalue weighted by molar-refractivity contribution is 5.88. The van der Waals surface area contributed by atoms with Crippen LogP contribution in [0.2, 0.25) is 0 Å². The second kappa shape index (κ2) is 4.83. The van der Waals surface area contributed by atoms with E-state index in [4.69, 9.17) is 0 Å². The normalized spacial score (nSPS) is 30.2. The van der Waals surface area contributed by atoms with Crippen LogP contribution in [0.25, 0.3) is 0 Å². The lowest BCUT2D eigenvalue weighted by Gasteiger charge is -2.21. The topological polar surface area (TPSA) is 32.3 Å². The molecule has 0 aliphatic carbocycles. The number of amides is 1. The summed E-state index contributed by atoms with van der Waals surface area (Å²) in [5, 5.41) is 3.40. The van der Waals surface area contributed by atoms with Crippen LogP contribution in [0, 0.1) is 5.41 Å². The first-order valence-electron chi connectivity index (χ1n) is 6.05. The van der Waals surface area contributed by atoms with E-state index in [2.05, 4.69) is 5.32 Å². The fourth-order valence-electron chi connectivity index (χ4n) is 2.62. The number of rotatable bonds is 2. The van der Waals surface area contributed by atoms with E-state index in [0.29, 0.717) is 5.41 Å². The lowest BCUT2D eigenvalue weighted by atomic mass is 9.87. The molecule has 2 heterocycles. The standard InChI is InChI=1S/C13H20N2O/c1-2-3-4-5-12(16)15-9-7-13(11-15)6-8-14-10-13/h2-5,14H,6-11H2,1H3/b3-2+,5-4+. The lowest BCUT2D eigenvalue weighted by molar-refractivity contribution is -0.125. The van der Waals surface area contributed by atoms with Gasteiger partial charge in [0, 0.05) is 31.1 Å². The number of likely N-dealkylation sites (tertiary alicyclic amines) is 1. The molecule has 0 aromatic rings. The molecule has 1 atom stereocenters. The van der Waals surface area contributed by atoms with Crippen molar-refractivity contribution < 1.29 is 4.79 Å². The first kappa shape index (κ1) is 11.4. The van der Waals surface area contributed by atoms with Crippen LogP contribution < -0.4 is 5.32 Å². The van der Waals surface area contributed by atoms with Crippen molar-refractivity contribution >= 4 is 5.91 Å². The molecule has 2 aliphatic rings. The molecule has 0 aromatic heterocycles. The van der Waals surface area contributed by atoms with Gasteiger partial charge in [0.15, 0.2) is 0 Å². The zero-order valence-electron chi connectivity index (χ0n) is 9.91. The first-order valence-corrected chi connectivity index (χ1v) is 6.05. The fourth-order valence-corrected chi connectivity index (χ4v) is 2.62. The molecule has 1 spiro atoms. The van der Waals surface area contributed by atoms with Gasteiger partial charge in [0.2, 0.25) is 5.91 Å². The summed E-state index contributed by atoms with van der Waals surface area (Å²) in [5.74, 6) is 0.155. The largest absolute Gasteiger partial charge is 0.339 e. The lowest BCUT2D eigenvalue weighted by Crippen LogP contribution is -2.32. The number of hydrogen-bond donors (Lipinski definition) is 1. The molecular weight excluding hydrogens is 200 g/mol. The van der Waals surface area contributed by atoms with Crippen molar-refractivity contribution in [3.63, 3.8) is 0 Å². The summed E-state index contributed by atoms with van der Waals surface area (Å²) in [6.07, 6.45) is 9.68. The van der Waals surface area contributed by atoms with Gasteiger partial charge >= 0.3 is 0 Å². The van der Waals surface area contributed by atoms with Crippen molar-refractivity contribution in [2.75, 3.05) is 26.2 Å². The summed E-state index contributed by atoms with van der Waals surface area (Å²) in [6, 6.07) is 0. The molecule has 16 heavy (non-hydrogen) atoms. The van der Waals surface area contributed by atoms with E-state index in [9.17, 15) is 4.79 Å². The van der Waals surface area contributed by atoms with Crippen LogP contribution >= 0.6 is 0 Å². The third-order valence-electron chi connectivity index (χ3n) is 3.62. The van der Waals surface area contributed by atoms with Crippen LogP contribution in [-0.4, -0.2) is 37.0 Å². The molecule has 2 rings (SSSR count). The highest BCUT2D eigenvalue weighted by Crippen LogP contribution is 2.35. The molecule has 1 amide bonds. The number of carbonyl (C=O) groups is 1. The van der Waals surface area contributed by atoms with E-state index in [0.717, 1.165) is 32.6 Å². The number of nitrogens with one attached hydrogen (secondary N) is 1. The highest BCUT2D eigenvalue weighted by Gasteiger charge is 2.41. The van der Waals surface area contributed by atoms with Gasteiger partial charge in [-0.25, -0.2) is 0 Å². The second-order valence-electron chi connectivity index (χ2n) is 4.82. The van der Waals surface area contributed by atoms with Gasteiger partial charge in [0.25, 0.3) is 0 Å². The average Bonchev–Trinajstić information content (AvgIpc) is 2.90. The number of allylic oxidation sites excluding steroid dienone is 3. The highest BCUT2D eigenvalue weighted by atomic mass is 16.2. The molecule has 2 saturated heterocycles. The molecule has 88 valence electrons. The fraction of sp³-hybridized carbons (Fsp3) is 0.615. The van der Waals surface area contributed by atoms with E-state index >= 15 is 0 Å². The van der Waals surface area contributed by atoms with Crippen molar-refractivity contribution in [1.29, 1.82) is 0 Å². The number of nitrogens with zero attached hydrogens (tertiary/aromatic N) is 1. The molecule has 2 fully saturated rings. The van der Waals surface area contributed by atoms with Crippen molar-refractivity contribution in [2.24, 2.45) is 5.41 Å².